The van der Waals surface area contributed by atoms with Gasteiger partial charge < -0.3 is 9.88 Å². The maximum atomic E-state index is 12.5. The lowest BCUT2D eigenvalue weighted by molar-refractivity contribution is -0.119. The molecule has 146 valence electrons. The quantitative estimate of drug-likeness (QED) is 0.493. The molecule has 0 aliphatic carbocycles. The number of rotatable bonds is 6. The zero-order valence-electron chi connectivity index (χ0n) is 16.2. The summed E-state index contributed by atoms with van der Waals surface area (Å²) < 4.78 is 1.89. The molecule has 7 heteroatoms. The average Bonchev–Trinajstić information content (AvgIpc) is 3.12. The van der Waals surface area contributed by atoms with Crippen LogP contribution in [-0.4, -0.2) is 31.4 Å². The summed E-state index contributed by atoms with van der Waals surface area (Å²) >= 11 is 1.37. The first-order valence-corrected chi connectivity index (χ1v) is 10.3. The van der Waals surface area contributed by atoms with Crippen molar-refractivity contribution in [1.29, 1.82) is 0 Å². The van der Waals surface area contributed by atoms with Crippen LogP contribution in [0.3, 0.4) is 0 Å². The van der Waals surface area contributed by atoms with Gasteiger partial charge in [0.2, 0.25) is 5.91 Å². The van der Waals surface area contributed by atoms with Crippen molar-refractivity contribution in [2.24, 2.45) is 7.05 Å². The normalized spacial score (nSPS) is 12.1. The van der Waals surface area contributed by atoms with E-state index >= 15 is 0 Å². The van der Waals surface area contributed by atoms with E-state index in [-0.39, 0.29) is 17.7 Å². The van der Waals surface area contributed by atoms with Crippen molar-refractivity contribution in [3.8, 4) is 11.4 Å². The second-order valence-electron chi connectivity index (χ2n) is 6.75. The van der Waals surface area contributed by atoms with Crippen molar-refractivity contribution in [3.63, 3.8) is 0 Å². The van der Waals surface area contributed by atoms with Crippen LogP contribution in [0.25, 0.3) is 22.2 Å². The number of nitrogens with one attached hydrogen (secondary N) is 1. The average molecular weight is 404 g/mol. The Morgan fingerprint density at radius 2 is 1.83 bits per heavy atom. The smallest absolute Gasteiger partial charge is 0.230 e. The molecule has 0 unspecified atom stereocenters. The summed E-state index contributed by atoms with van der Waals surface area (Å²) in [6.45, 7) is 2.01. The molecule has 2 heterocycles. The number of hydrogen-bond donors (Lipinski definition) is 1. The van der Waals surface area contributed by atoms with Crippen LogP contribution in [0.1, 0.15) is 18.5 Å². The predicted molar refractivity (Wildman–Crippen MR) is 115 cm³/mol. The minimum Gasteiger partial charge on any atom is -0.349 e. The van der Waals surface area contributed by atoms with E-state index in [0.29, 0.717) is 5.16 Å². The molecule has 0 saturated heterocycles. The zero-order valence-corrected chi connectivity index (χ0v) is 17.1. The molecule has 0 radical (unpaired) electrons. The van der Waals surface area contributed by atoms with Crippen LogP contribution in [0.15, 0.2) is 72.1 Å². The first-order chi connectivity index (χ1) is 14.1. The van der Waals surface area contributed by atoms with Crippen molar-refractivity contribution in [3.05, 3.63) is 72.6 Å². The molecule has 29 heavy (non-hydrogen) atoms. The Bertz CT molecular complexity index is 1140. The molecule has 0 spiro atoms. The highest BCUT2D eigenvalue weighted by atomic mass is 32.2. The van der Waals surface area contributed by atoms with Gasteiger partial charge in [-0.05, 0) is 35.4 Å². The van der Waals surface area contributed by atoms with Crippen LogP contribution < -0.4 is 5.32 Å². The number of benzene rings is 2. The highest BCUT2D eigenvalue weighted by Gasteiger charge is 2.15. The minimum absolute atomic E-state index is 0.0381. The molecular weight excluding hydrogens is 382 g/mol. The predicted octanol–water partition coefficient (Wildman–Crippen LogP) is 4.00. The lowest BCUT2D eigenvalue weighted by atomic mass is 10.00. The van der Waals surface area contributed by atoms with Gasteiger partial charge in [-0.3, -0.25) is 9.78 Å². The van der Waals surface area contributed by atoms with E-state index in [0.717, 1.165) is 22.3 Å². The summed E-state index contributed by atoms with van der Waals surface area (Å²) in [6.07, 6.45) is 3.44. The summed E-state index contributed by atoms with van der Waals surface area (Å²) in [5.41, 5.74) is 2.05. The molecule has 6 nitrogen and oxygen atoms in total. The second kappa shape index (κ2) is 8.45. The van der Waals surface area contributed by atoms with Crippen LogP contribution >= 0.6 is 11.8 Å². The van der Waals surface area contributed by atoms with Crippen LogP contribution in [0.5, 0.6) is 0 Å². The Labute approximate surface area is 173 Å². The number of nitrogens with zero attached hydrogens (tertiary/aromatic N) is 4. The van der Waals surface area contributed by atoms with Crippen LogP contribution in [0.4, 0.5) is 0 Å². The zero-order chi connectivity index (χ0) is 20.2. The lowest BCUT2D eigenvalue weighted by Crippen LogP contribution is -2.28. The molecule has 4 aromatic rings. The molecule has 1 atom stereocenters. The molecule has 1 N–H and O–H groups in total. The fraction of sp³-hybridized carbons (Fsp3) is 0.182. The third-order valence-corrected chi connectivity index (χ3v) is 5.79. The van der Waals surface area contributed by atoms with E-state index in [1.54, 1.807) is 12.4 Å². The minimum atomic E-state index is -0.0823. The first kappa shape index (κ1) is 19.1. The summed E-state index contributed by atoms with van der Waals surface area (Å²) in [6, 6.07) is 18.1. The third kappa shape index (κ3) is 4.14. The summed E-state index contributed by atoms with van der Waals surface area (Å²) in [4.78, 5) is 16.5. The monoisotopic (exact) mass is 403 g/mol. The number of carbonyl (C=O) groups is 1. The molecule has 2 aromatic heterocycles. The van der Waals surface area contributed by atoms with E-state index in [1.165, 1.54) is 17.1 Å². The molecule has 0 aliphatic heterocycles. The third-order valence-electron chi connectivity index (χ3n) is 4.77. The van der Waals surface area contributed by atoms with Crippen molar-refractivity contribution in [1.82, 2.24) is 25.1 Å². The Morgan fingerprint density at radius 3 is 2.66 bits per heavy atom. The van der Waals surface area contributed by atoms with E-state index < -0.39 is 0 Å². The summed E-state index contributed by atoms with van der Waals surface area (Å²) in [5.74, 6) is 0.987. The topological polar surface area (TPSA) is 72.7 Å². The number of carbonyl (C=O) groups excluding carboxylic acids is 1. The number of aromatic nitrogens is 4. The lowest BCUT2D eigenvalue weighted by Gasteiger charge is -2.16. The fourth-order valence-corrected chi connectivity index (χ4v) is 4.03. The van der Waals surface area contributed by atoms with Gasteiger partial charge in [-0.2, -0.15) is 0 Å². The van der Waals surface area contributed by atoms with E-state index in [2.05, 4.69) is 44.8 Å². The summed E-state index contributed by atoms with van der Waals surface area (Å²) in [5, 5.41) is 14.6. The van der Waals surface area contributed by atoms with Gasteiger partial charge in [0.25, 0.3) is 0 Å². The van der Waals surface area contributed by atoms with Gasteiger partial charge in [-0.25, -0.2) is 0 Å². The van der Waals surface area contributed by atoms with Crippen molar-refractivity contribution >= 4 is 28.4 Å². The Balaban J connectivity index is 1.41. The molecule has 2 aromatic carbocycles. The van der Waals surface area contributed by atoms with Crippen LogP contribution in [0.2, 0.25) is 0 Å². The van der Waals surface area contributed by atoms with Crippen molar-refractivity contribution < 1.29 is 4.79 Å². The first-order valence-electron chi connectivity index (χ1n) is 9.33. The molecule has 0 fully saturated rings. The SMILES string of the molecule is C[C@@H](NC(=O)CSc1nnc(-c2ccncc2)n1C)c1cccc2ccccc12. The number of pyridine rings is 1. The van der Waals surface area contributed by atoms with Gasteiger partial charge >= 0.3 is 0 Å². The van der Waals surface area contributed by atoms with Crippen LogP contribution in [-0.2, 0) is 11.8 Å². The number of amides is 1. The molecule has 4 rings (SSSR count). The maximum absolute atomic E-state index is 12.5. The highest BCUT2D eigenvalue weighted by molar-refractivity contribution is 7.99. The Hall–Kier alpha value is -3.19. The maximum Gasteiger partial charge on any atom is 0.230 e. The molecule has 1 amide bonds. The van der Waals surface area contributed by atoms with E-state index in [1.807, 2.05) is 48.9 Å². The molecule has 0 bridgehead atoms. The Morgan fingerprint density at radius 1 is 1.07 bits per heavy atom. The van der Waals surface area contributed by atoms with Crippen molar-refractivity contribution in [2.45, 2.75) is 18.1 Å². The fourth-order valence-electron chi connectivity index (χ4n) is 3.31. The van der Waals surface area contributed by atoms with Gasteiger partial charge in [-0.1, -0.05) is 54.2 Å². The van der Waals surface area contributed by atoms with Crippen LogP contribution in [0, 0.1) is 0 Å². The van der Waals surface area contributed by atoms with Gasteiger partial charge in [0.05, 0.1) is 11.8 Å². The van der Waals surface area contributed by atoms with Gasteiger partial charge in [0, 0.05) is 25.0 Å². The van der Waals surface area contributed by atoms with Gasteiger partial charge in [0.15, 0.2) is 11.0 Å². The number of fused-ring (bicyclic) bond motifs is 1. The largest absolute Gasteiger partial charge is 0.349 e. The molecular formula is C22H21N5OS. The van der Waals surface area contributed by atoms with E-state index in [9.17, 15) is 4.79 Å². The Kier molecular flexibility index (Phi) is 5.57. The van der Waals surface area contributed by atoms with Gasteiger partial charge in [-0.15, -0.1) is 10.2 Å². The van der Waals surface area contributed by atoms with Crippen molar-refractivity contribution in [2.75, 3.05) is 5.75 Å². The standard InChI is InChI=1S/C22H21N5OS/c1-15(18-9-5-7-16-6-3-4-8-19(16)18)24-20(28)14-29-22-26-25-21(27(22)2)17-10-12-23-13-11-17/h3-13,15H,14H2,1-2H3,(H,24,28)/t15-/m1/s1. The summed E-state index contributed by atoms with van der Waals surface area (Å²) in [7, 11) is 1.90. The van der Waals surface area contributed by atoms with E-state index in [4.69, 9.17) is 0 Å². The number of thioether (sulfide) groups is 1. The highest BCUT2D eigenvalue weighted by Crippen LogP contribution is 2.25. The van der Waals surface area contributed by atoms with Gasteiger partial charge in [0.1, 0.15) is 0 Å². The molecule has 0 saturated carbocycles. The second-order valence-corrected chi connectivity index (χ2v) is 7.69. The molecule has 0 aliphatic rings. The number of hydrogen-bond acceptors (Lipinski definition) is 5.